The summed E-state index contributed by atoms with van der Waals surface area (Å²) < 4.78 is 78.4. The maximum atomic E-state index is 15.4. The molecule has 0 aromatic rings. The summed E-state index contributed by atoms with van der Waals surface area (Å²) in [5, 5.41) is 0. The van der Waals surface area contributed by atoms with Crippen LogP contribution in [0.25, 0.3) is 0 Å². The number of esters is 2. The van der Waals surface area contributed by atoms with Crippen molar-refractivity contribution in [1.29, 1.82) is 0 Å². The Hall–Kier alpha value is -2.02. The maximum absolute atomic E-state index is 15.4. The fraction of sp³-hybridized carbons (Fsp3) is 0.910. The fourth-order valence-electron chi connectivity index (χ4n) is 24.0. The van der Waals surface area contributed by atoms with E-state index < -0.39 is 5.41 Å². The smallest absolute Gasteiger partial charge is 0.324 e. The van der Waals surface area contributed by atoms with Crippen molar-refractivity contribution >= 4 is 11.9 Å². The highest BCUT2D eigenvalue weighted by atomic mass is 16.6. The molecule has 15 fully saturated rings. The lowest BCUT2D eigenvalue weighted by Crippen LogP contribution is -2.54. The third-order valence-corrected chi connectivity index (χ3v) is 25.8. The minimum absolute atomic E-state index is 0.0152. The number of carbonyl (C=O) groups excluding carboxylic acids is 2. The number of hydrogen-bond donors (Lipinski definition) is 0. The summed E-state index contributed by atoms with van der Waals surface area (Å²) in [7, 11) is 0. The molecule has 0 amide bonds. The predicted octanol–water partition coefficient (Wildman–Crippen LogP) is 8.09. The van der Waals surface area contributed by atoms with Crippen LogP contribution in [-0.2, 0) is 71.2 Å². The summed E-state index contributed by atoms with van der Waals surface area (Å²) in [5.41, 5.74) is 6.56. The van der Waals surface area contributed by atoms with Gasteiger partial charge in [0.1, 0.15) is 13.2 Å². The topological polar surface area (TPSA) is 154 Å². The van der Waals surface area contributed by atoms with Crippen LogP contribution in [0.2, 0.25) is 0 Å². The third-order valence-electron chi connectivity index (χ3n) is 25.8. The molecule has 0 aromatic carbocycles. The van der Waals surface area contributed by atoms with Crippen molar-refractivity contribution in [2.75, 3.05) is 132 Å². The van der Waals surface area contributed by atoms with Gasteiger partial charge in [-0.15, -0.1) is 0 Å². The van der Waals surface area contributed by atoms with E-state index in [0.29, 0.717) is 135 Å². The van der Waals surface area contributed by atoms with Crippen LogP contribution >= 0.6 is 0 Å². The van der Waals surface area contributed by atoms with Crippen molar-refractivity contribution in [3.63, 3.8) is 0 Å². The molecule has 15 aliphatic carbocycles. The van der Waals surface area contributed by atoms with Gasteiger partial charge in [0, 0.05) is 0 Å². The summed E-state index contributed by atoms with van der Waals surface area (Å²) in [6.45, 7) is 8.86. The first-order valence-electron chi connectivity index (χ1n) is 33.9. The Balaban J connectivity index is 0.577. The van der Waals surface area contributed by atoms with E-state index in [1.165, 1.54) is 44.9 Å². The summed E-state index contributed by atoms with van der Waals surface area (Å²) in [4.78, 5) is 30.7. The van der Waals surface area contributed by atoms with Gasteiger partial charge in [-0.05, 0) is 232 Å². The van der Waals surface area contributed by atoms with Crippen LogP contribution in [0.4, 0.5) is 0 Å². The van der Waals surface area contributed by atoms with Crippen LogP contribution in [0.3, 0.4) is 0 Å². The van der Waals surface area contributed by atoms with Gasteiger partial charge >= 0.3 is 11.9 Å². The summed E-state index contributed by atoms with van der Waals surface area (Å²) >= 11 is 0. The zero-order valence-corrected chi connectivity index (χ0v) is 48.9. The van der Waals surface area contributed by atoms with Crippen LogP contribution in [0, 0.1) is 124 Å². The average molecular weight is 1140 g/mol. The second-order valence-electron chi connectivity index (χ2n) is 28.8. The molecule has 0 radical (unpaired) electrons. The number of rotatable bonds is 0. The molecule has 0 N–H and O–H groups in total. The van der Waals surface area contributed by atoms with Gasteiger partial charge in [-0.1, -0.05) is 11.1 Å². The van der Waals surface area contributed by atoms with Gasteiger partial charge in [0.15, 0.2) is 5.41 Å². The minimum atomic E-state index is -1.27. The number of fused-ring (bicyclic) bond motifs is 5. The number of hydrogen-bond acceptors (Lipinski definition) is 15. The summed E-state index contributed by atoms with van der Waals surface area (Å²) in [5.74, 6) is 12.6. The zero-order chi connectivity index (χ0) is 54.5. The van der Waals surface area contributed by atoms with E-state index in [4.69, 9.17) is 61.6 Å². The lowest BCUT2D eigenvalue weighted by Gasteiger charge is -2.58. The van der Waals surface area contributed by atoms with Gasteiger partial charge in [-0.25, -0.2) is 0 Å². The van der Waals surface area contributed by atoms with Gasteiger partial charge in [0.05, 0.1) is 143 Å². The highest BCUT2D eigenvalue weighted by Gasteiger charge is 2.88. The van der Waals surface area contributed by atoms with E-state index in [2.05, 4.69) is 5.57 Å². The molecular weight excluding hydrogens is 1040 g/mol. The molecule has 0 aromatic heterocycles. The molecule has 454 valence electrons. The molecule has 20 unspecified atom stereocenters. The molecular formula is C67H96O15. The van der Waals surface area contributed by atoms with Gasteiger partial charge in [-0.2, -0.15) is 0 Å². The van der Waals surface area contributed by atoms with Crippen molar-refractivity contribution in [1.82, 2.24) is 0 Å². The quantitative estimate of drug-likeness (QED) is 0.169. The van der Waals surface area contributed by atoms with E-state index in [1.807, 2.05) is 16.7 Å². The molecule has 3 aliphatic heterocycles. The minimum Gasteiger partial charge on any atom is -0.462 e. The molecule has 18 aliphatic rings. The highest BCUT2D eigenvalue weighted by molar-refractivity contribution is 6.05. The normalized spacial score (nSPS) is 50.8. The first-order chi connectivity index (χ1) is 40.6. The standard InChI is InChI=1S/C67H96O15/c68-65-67(63-47-35-41-33-39-31-37-1-2-38-32-40-34-42-36-48(64(63)67)56-55(47)59-53(41)51(39)57-49(37)50(38)58-52(40)54(42)60(56)62(59)61(57)58)66(69)82-30-24-76-18-16-74-22-28-80-46-9-5-44(6-10-46)78-26-20-72-14-12-70-11-13-71-19-25-77-43-3-7-45(8-4-43)79-27-21-73-15-17-75-23-29-81-65/h37-51,53,55-57,59,61-64H,1-36H2. The first-order valence-corrected chi connectivity index (χ1v) is 33.9. The maximum Gasteiger partial charge on any atom is 0.324 e. The predicted molar refractivity (Wildman–Crippen MR) is 297 cm³/mol. The largest absolute Gasteiger partial charge is 0.462 e. The average Bonchev–Trinajstić information content (AvgIpc) is 1.47. The highest BCUT2D eigenvalue weighted by Crippen LogP contribution is 2.88. The van der Waals surface area contributed by atoms with Gasteiger partial charge in [0.25, 0.3) is 0 Å². The lowest BCUT2D eigenvalue weighted by atomic mass is 9.46. The molecule has 3 heterocycles. The van der Waals surface area contributed by atoms with Crippen molar-refractivity contribution in [3.8, 4) is 0 Å². The number of ether oxygens (including phenoxy) is 13. The van der Waals surface area contributed by atoms with Crippen LogP contribution in [0.5, 0.6) is 0 Å². The van der Waals surface area contributed by atoms with E-state index in [-0.39, 0.29) is 74.6 Å². The molecule has 18 rings (SSSR count). The lowest BCUT2D eigenvalue weighted by molar-refractivity contribution is -0.169. The zero-order valence-electron chi connectivity index (χ0n) is 48.9. The third kappa shape index (κ3) is 9.29. The summed E-state index contributed by atoms with van der Waals surface area (Å²) in [6.07, 6.45) is 19.6. The Kier molecular flexibility index (Phi) is 15.8. The Bertz CT molecular complexity index is 2310. The molecule has 82 heavy (non-hydrogen) atoms. The molecule has 15 nitrogen and oxygen atoms in total. The van der Waals surface area contributed by atoms with Gasteiger partial charge in [0.2, 0.25) is 0 Å². The molecule has 15 heteroatoms. The molecule has 4 bridgehead atoms. The Labute approximate surface area is 486 Å². The molecule has 3 saturated heterocycles. The van der Waals surface area contributed by atoms with Crippen molar-refractivity contribution in [2.24, 2.45) is 124 Å². The van der Waals surface area contributed by atoms with Crippen LogP contribution in [-0.4, -0.2) is 168 Å². The van der Waals surface area contributed by atoms with E-state index in [1.54, 1.807) is 0 Å². The molecule has 1 spiro atoms. The molecule has 12 saturated carbocycles. The van der Waals surface area contributed by atoms with Gasteiger partial charge < -0.3 is 61.6 Å². The first kappa shape index (κ1) is 55.3. The molecule has 20 atom stereocenters. The van der Waals surface area contributed by atoms with E-state index >= 15 is 9.59 Å². The van der Waals surface area contributed by atoms with E-state index in [9.17, 15) is 0 Å². The van der Waals surface area contributed by atoms with Crippen molar-refractivity contribution < 1.29 is 71.2 Å². The Morgan fingerprint density at radius 1 is 0.293 bits per heavy atom. The Morgan fingerprint density at radius 2 is 0.683 bits per heavy atom. The second-order valence-corrected chi connectivity index (χ2v) is 28.8. The van der Waals surface area contributed by atoms with Crippen molar-refractivity contribution in [3.05, 3.63) is 22.3 Å². The van der Waals surface area contributed by atoms with Crippen LogP contribution in [0.15, 0.2) is 22.3 Å². The van der Waals surface area contributed by atoms with Crippen LogP contribution in [0.1, 0.15) is 103 Å². The van der Waals surface area contributed by atoms with Gasteiger partial charge in [-0.3, -0.25) is 9.59 Å². The summed E-state index contributed by atoms with van der Waals surface area (Å²) in [6, 6.07) is 0. The monoisotopic (exact) mass is 1140 g/mol. The number of allylic oxidation sites excluding steroid dienone is 4. The second kappa shape index (κ2) is 23.5. The fourth-order valence-corrected chi connectivity index (χ4v) is 24.0. The van der Waals surface area contributed by atoms with Crippen LogP contribution < -0.4 is 0 Å². The van der Waals surface area contributed by atoms with E-state index in [0.717, 1.165) is 135 Å². The number of carbonyl (C=O) groups is 2. The van der Waals surface area contributed by atoms with Crippen molar-refractivity contribution in [2.45, 2.75) is 127 Å². The Morgan fingerprint density at radius 3 is 1.18 bits per heavy atom. The SMILES string of the molecule is O=C1OCCOCCOCCOC2CCC(CC2)OCCOCCOCCOCCOC2CCC(CC2)OCCOCCOCCOC(=O)C12C1C3CC4CC5CC6CCC7CC8CC9CC(C%10C3C3=C4C5=C4C6C7C5C4C3C%10C9C85)C12.